The van der Waals surface area contributed by atoms with Gasteiger partial charge in [0.15, 0.2) is 0 Å². The number of rotatable bonds is 3. The highest BCUT2D eigenvalue weighted by Gasteiger charge is 2.57. The van der Waals surface area contributed by atoms with Crippen molar-refractivity contribution < 1.29 is 5.11 Å². The van der Waals surface area contributed by atoms with E-state index in [2.05, 4.69) is 20.8 Å². The van der Waals surface area contributed by atoms with E-state index in [-0.39, 0.29) is 10.8 Å². The fraction of sp³-hybridized carbons (Fsp3) is 1.00. The van der Waals surface area contributed by atoms with Gasteiger partial charge in [-0.2, -0.15) is 0 Å². The maximum Gasteiger partial charge on any atom is 0.0838 e. The molecule has 2 atom stereocenters. The SMILES string of the molecule is CC(C)C(C)C(C)(O)C1(Cl)CC1. The molecule has 0 aromatic heterocycles. The minimum Gasteiger partial charge on any atom is -0.388 e. The fourth-order valence-corrected chi connectivity index (χ4v) is 1.94. The Bertz CT molecular complexity index is 171. The Morgan fingerprint density at radius 3 is 2.00 bits per heavy atom. The summed E-state index contributed by atoms with van der Waals surface area (Å²) in [6.07, 6.45) is 1.91. The molecule has 0 amide bonds. The molecule has 1 rings (SSSR count). The molecule has 12 heavy (non-hydrogen) atoms. The molecule has 1 fully saturated rings. The summed E-state index contributed by atoms with van der Waals surface area (Å²) in [7, 11) is 0. The van der Waals surface area contributed by atoms with Crippen LogP contribution < -0.4 is 0 Å². The van der Waals surface area contributed by atoms with Gasteiger partial charge in [0, 0.05) is 0 Å². The number of hydrogen-bond donors (Lipinski definition) is 1. The van der Waals surface area contributed by atoms with Crippen molar-refractivity contribution in [1.29, 1.82) is 0 Å². The van der Waals surface area contributed by atoms with E-state index < -0.39 is 5.60 Å². The second-order valence-electron chi connectivity index (χ2n) is 4.65. The lowest BCUT2D eigenvalue weighted by Gasteiger charge is -2.37. The van der Waals surface area contributed by atoms with Crippen LogP contribution in [0.25, 0.3) is 0 Å². The zero-order valence-corrected chi connectivity index (χ0v) is 9.15. The van der Waals surface area contributed by atoms with Crippen LogP contribution in [0.1, 0.15) is 40.5 Å². The largest absolute Gasteiger partial charge is 0.388 e. The Kier molecular flexibility index (Phi) is 2.48. The van der Waals surface area contributed by atoms with E-state index in [1.54, 1.807) is 0 Å². The van der Waals surface area contributed by atoms with Crippen molar-refractivity contribution in [2.75, 3.05) is 0 Å². The average Bonchev–Trinajstić information content (AvgIpc) is 2.67. The molecule has 0 spiro atoms. The first-order chi connectivity index (χ1) is 5.31. The summed E-state index contributed by atoms with van der Waals surface area (Å²) in [5.74, 6) is 0.744. The zero-order chi connectivity index (χ0) is 9.57. The van der Waals surface area contributed by atoms with Crippen molar-refractivity contribution in [2.24, 2.45) is 11.8 Å². The quantitative estimate of drug-likeness (QED) is 0.679. The number of hydrogen-bond acceptors (Lipinski definition) is 1. The predicted octanol–water partition coefficient (Wildman–Crippen LogP) is 2.80. The molecule has 1 saturated carbocycles. The van der Waals surface area contributed by atoms with Crippen LogP contribution in [0, 0.1) is 11.8 Å². The maximum absolute atomic E-state index is 10.2. The molecule has 1 N–H and O–H groups in total. The van der Waals surface area contributed by atoms with Gasteiger partial charge < -0.3 is 5.11 Å². The Morgan fingerprint density at radius 1 is 1.33 bits per heavy atom. The van der Waals surface area contributed by atoms with Crippen LogP contribution in [0.3, 0.4) is 0 Å². The van der Waals surface area contributed by atoms with Crippen LogP contribution in [0.2, 0.25) is 0 Å². The van der Waals surface area contributed by atoms with Crippen LogP contribution in [-0.2, 0) is 0 Å². The van der Waals surface area contributed by atoms with Crippen LogP contribution in [0.5, 0.6) is 0 Å². The molecule has 1 aliphatic carbocycles. The van der Waals surface area contributed by atoms with E-state index in [1.165, 1.54) is 0 Å². The molecule has 0 radical (unpaired) electrons. The normalized spacial score (nSPS) is 28.2. The molecule has 1 nitrogen and oxygen atoms in total. The smallest absolute Gasteiger partial charge is 0.0838 e. The molecule has 2 unspecified atom stereocenters. The third-order valence-corrected chi connectivity index (χ3v) is 4.24. The monoisotopic (exact) mass is 190 g/mol. The molecule has 1 aliphatic rings. The van der Waals surface area contributed by atoms with Gasteiger partial charge in [0.25, 0.3) is 0 Å². The topological polar surface area (TPSA) is 20.2 Å². The van der Waals surface area contributed by atoms with E-state index in [0.29, 0.717) is 5.92 Å². The summed E-state index contributed by atoms with van der Waals surface area (Å²) >= 11 is 6.22. The summed E-state index contributed by atoms with van der Waals surface area (Å²) in [6, 6.07) is 0. The maximum atomic E-state index is 10.2. The molecule has 0 aromatic rings. The number of alkyl halides is 1. The first kappa shape index (κ1) is 10.3. The third-order valence-electron chi connectivity index (χ3n) is 3.48. The Hall–Kier alpha value is 0.250. The lowest BCUT2D eigenvalue weighted by molar-refractivity contribution is -0.0229. The first-order valence-corrected chi connectivity index (χ1v) is 5.10. The van der Waals surface area contributed by atoms with Crippen LogP contribution >= 0.6 is 11.6 Å². The summed E-state index contributed by atoms with van der Waals surface area (Å²) in [6.45, 7) is 8.20. The highest BCUT2D eigenvalue weighted by atomic mass is 35.5. The van der Waals surface area contributed by atoms with Gasteiger partial charge in [0.2, 0.25) is 0 Å². The molecular formula is C10H19ClO. The molecular weight excluding hydrogens is 172 g/mol. The van der Waals surface area contributed by atoms with Gasteiger partial charge >= 0.3 is 0 Å². The summed E-state index contributed by atoms with van der Waals surface area (Å²) in [5.41, 5.74) is -0.706. The number of aliphatic hydroxyl groups is 1. The van der Waals surface area contributed by atoms with E-state index >= 15 is 0 Å². The lowest BCUT2D eigenvalue weighted by atomic mass is 9.79. The standard InChI is InChI=1S/C10H19ClO/c1-7(2)8(3)9(4,12)10(11)5-6-10/h7-8,12H,5-6H2,1-4H3. The Morgan fingerprint density at radius 2 is 1.75 bits per heavy atom. The van der Waals surface area contributed by atoms with Crippen molar-refractivity contribution in [2.45, 2.75) is 51.0 Å². The van der Waals surface area contributed by atoms with Crippen LogP contribution in [-0.4, -0.2) is 15.6 Å². The highest BCUT2D eigenvalue weighted by Crippen LogP contribution is 2.54. The van der Waals surface area contributed by atoms with Gasteiger partial charge in [-0.25, -0.2) is 0 Å². The van der Waals surface area contributed by atoms with Crippen LogP contribution in [0.15, 0.2) is 0 Å². The van der Waals surface area contributed by atoms with E-state index in [0.717, 1.165) is 12.8 Å². The highest BCUT2D eigenvalue weighted by molar-refractivity contribution is 6.26. The van der Waals surface area contributed by atoms with Crippen molar-refractivity contribution in [3.63, 3.8) is 0 Å². The molecule has 0 aromatic carbocycles. The zero-order valence-electron chi connectivity index (χ0n) is 8.39. The van der Waals surface area contributed by atoms with Crippen molar-refractivity contribution >= 4 is 11.6 Å². The molecule has 0 aliphatic heterocycles. The molecule has 0 saturated heterocycles. The predicted molar refractivity (Wildman–Crippen MR) is 52.4 cm³/mol. The molecule has 2 heteroatoms. The lowest BCUT2D eigenvalue weighted by Crippen LogP contribution is -2.45. The van der Waals surface area contributed by atoms with E-state index in [1.807, 2.05) is 6.92 Å². The van der Waals surface area contributed by atoms with E-state index in [4.69, 9.17) is 11.6 Å². The minimum atomic E-state index is -0.706. The molecule has 0 bridgehead atoms. The molecule has 0 heterocycles. The first-order valence-electron chi connectivity index (χ1n) is 4.72. The van der Waals surface area contributed by atoms with Gasteiger partial charge in [-0.3, -0.25) is 0 Å². The average molecular weight is 191 g/mol. The van der Waals surface area contributed by atoms with Crippen molar-refractivity contribution in [3.05, 3.63) is 0 Å². The van der Waals surface area contributed by atoms with Crippen molar-refractivity contribution in [1.82, 2.24) is 0 Å². The fourth-order valence-electron chi connectivity index (χ4n) is 1.67. The second-order valence-corrected chi connectivity index (χ2v) is 5.37. The van der Waals surface area contributed by atoms with Gasteiger partial charge in [-0.05, 0) is 31.6 Å². The van der Waals surface area contributed by atoms with Gasteiger partial charge in [0.05, 0.1) is 10.5 Å². The Balaban J connectivity index is 2.70. The summed E-state index contributed by atoms with van der Waals surface area (Å²) in [4.78, 5) is -0.323. The van der Waals surface area contributed by atoms with Gasteiger partial charge in [-0.1, -0.05) is 20.8 Å². The third kappa shape index (κ3) is 1.49. The van der Waals surface area contributed by atoms with Gasteiger partial charge in [-0.15, -0.1) is 11.6 Å². The second kappa shape index (κ2) is 2.88. The van der Waals surface area contributed by atoms with Crippen LogP contribution in [0.4, 0.5) is 0 Å². The summed E-state index contributed by atoms with van der Waals surface area (Å²) < 4.78 is 0. The number of halogens is 1. The van der Waals surface area contributed by atoms with Gasteiger partial charge in [0.1, 0.15) is 0 Å². The Labute approximate surface area is 80.1 Å². The van der Waals surface area contributed by atoms with Crippen molar-refractivity contribution in [3.8, 4) is 0 Å². The molecule has 72 valence electrons. The van der Waals surface area contributed by atoms with E-state index in [9.17, 15) is 5.11 Å². The summed E-state index contributed by atoms with van der Waals surface area (Å²) in [5, 5.41) is 10.2. The minimum absolute atomic E-state index is 0.262.